The highest BCUT2D eigenvalue weighted by atomic mass is 15.2. The first-order chi connectivity index (χ1) is 10.4. The maximum absolute atomic E-state index is 4.26. The van der Waals surface area contributed by atoms with E-state index in [0.717, 1.165) is 11.4 Å². The van der Waals surface area contributed by atoms with Gasteiger partial charge in [0.15, 0.2) is 0 Å². The van der Waals surface area contributed by atoms with Crippen molar-refractivity contribution in [2.45, 2.75) is 31.7 Å². The number of benzene rings is 1. The molecule has 4 heteroatoms. The fourth-order valence-electron chi connectivity index (χ4n) is 3.39. The van der Waals surface area contributed by atoms with E-state index in [4.69, 9.17) is 0 Å². The predicted octanol–water partition coefficient (Wildman–Crippen LogP) is 2.60. The first-order valence-electron chi connectivity index (χ1n) is 8.09. The molecule has 0 bridgehead atoms. The molecule has 1 aliphatic heterocycles. The van der Waals surface area contributed by atoms with Gasteiger partial charge in [-0.2, -0.15) is 10.2 Å². The van der Waals surface area contributed by atoms with E-state index < -0.39 is 0 Å². The van der Waals surface area contributed by atoms with Crippen LogP contribution in [0.3, 0.4) is 0 Å². The molecule has 1 saturated heterocycles. The number of piperidine rings is 1. The van der Waals surface area contributed by atoms with Gasteiger partial charge in [0.1, 0.15) is 0 Å². The molecule has 2 aromatic rings. The molecule has 0 unspecified atom stereocenters. The summed E-state index contributed by atoms with van der Waals surface area (Å²) in [5.74, 6) is 0.804. The van der Waals surface area contributed by atoms with Gasteiger partial charge in [-0.05, 0) is 50.8 Å². The van der Waals surface area contributed by atoms with E-state index >= 15 is 0 Å². The third kappa shape index (κ3) is 2.72. The molecular formula is C17H22N4. The molecule has 0 amide bonds. The third-order valence-corrected chi connectivity index (χ3v) is 4.74. The summed E-state index contributed by atoms with van der Waals surface area (Å²) in [6.45, 7) is 3.50. The number of nitrogens with one attached hydrogen (secondary N) is 1. The van der Waals surface area contributed by atoms with Crippen molar-refractivity contribution in [2.75, 3.05) is 24.5 Å². The number of nitrogens with zero attached hydrogens (tertiary/aromatic N) is 3. The summed E-state index contributed by atoms with van der Waals surface area (Å²) >= 11 is 0. The summed E-state index contributed by atoms with van der Waals surface area (Å²) in [7, 11) is 0. The number of hydrogen-bond acceptors (Lipinski definition) is 4. The van der Waals surface area contributed by atoms with E-state index in [0.29, 0.717) is 6.04 Å². The molecule has 4 rings (SSSR count). The molecule has 0 spiro atoms. The fraction of sp³-hybridized carbons (Fsp3) is 0.529. The quantitative estimate of drug-likeness (QED) is 0.936. The highest BCUT2D eigenvalue weighted by Gasteiger charge is 2.32. The van der Waals surface area contributed by atoms with Crippen LogP contribution in [0.1, 0.15) is 25.7 Å². The van der Waals surface area contributed by atoms with Crippen molar-refractivity contribution < 1.29 is 0 Å². The average molecular weight is 282 g/mol. The molecule has 0 atom stereocenters. The Morgan fingerprint density at radius 3 is 2.71 bits per heavy atom. The molecule has 21 heavy (non-hydrogen) atoms. The normalized spacial score (nSPS) is 19.8. The van der Waals surface area contributed by atoms with Crippen molar-refractivity contribution in [1.29, 1.82) is 0 Å². The van der Waals surface area contributed by atoms with Gasteiger partial charge in [-0.25, -0.2) is 0 Å². The minimum Gasteiger partial charge on any atom is -0.366 e. The summed E-state index contributed by atoms with van der Waals surface area (Å²) in [6, 6.07) is 9.09. The summed E-state index contributed by atoms with van der Waals surface area (Å²) in [5.41, 5.74) is 2.28. The molecule has 4 nitrogen and oxygen atoms in total. The predicted molar refractivity (Wildman–Crippen MR) is 85.5 cm³/mol. The Bertz CT molecular complexity index is 612. The molecule has 1 saturated carbocycles. The van der Waals surface area contributed by atoms with Crippen LogP contribution in [0.4, 0.5) is 5.69 Å². The van der Waals surface area contributed by atoms with Crippen LogP contribution in [0.25, 0.3) is 10.9 Å². The Morgan fingerprint density at radius 2 is 1.90 bits per heavy atom. The summed E-state index contributed by atoms with van der Waals surface area (Å²) in [6.07, 6.45) is 7.18. The number of fused-ring (bicyclic) bond motifs is 1. The van der Waals surface area contributed by atoms with Gasteiger partial charge in [0, 0.05) is 18.0 Å². The van der Waals surface area contributed by atoms with E-state index in [-0.39, 0.29) is 0 Å². The van der Waals surface area contributed by atoms with Gasteiger partial charge < -0.3 is 10.2 Å². The van der Waals surface area contributed by atoms with E-state index in [1.807, 2.05) is 12.3 Å². The second kappa shape index (κ2) is 5.60. The SMILES string of the molecule is c1ccc2c(N(CC3CCNCC3)C3CC3)cnnc2c1. The fourth-order valence-corrected chi connectivity index (χ4v) is 3.39. The van der Waals surface area contributed by atoms with Crippen LogP contribution >= 0.6 is 0 Å². The Hall–Kier alpha value is -1.68. The minimum atomic E-state index is 0.715. The van der Waals surface area contributed by atoms with Gasteiger partial charge in [-0.15, -0.1) is 0 Å². The largest absolute Gasteiger partial charge is 0.366 e. The van der Waals surface area contributed by atoms with Crippen LogP contribution in [0.5, 0.6) is 0 Å². The average Bonchev–Trinajstić information content (AvgIpc) is 3.38. The first kappa shape index (κ1) is 13.0. The van der Waals surface area contributed by atoms with E-state index in [2.05, 4.69) is 38.6 Å². The van der Waals surface area contributed by atoms with Crippen LogP contribution in [0.15, 0.2) is 30.5 Å². The summed E-state index contributed by atoms with van der Waals surface area (Å²) < 4.78 is 0. The third-order valence-electron chi connectivity index (χ3n) is 4.74. The smallest absolute Gasteiger partial charge is 0.0950 e. The lowest BCUT2D eigenvalue weighted by Gasteiger charge is -2.32. The van der Waals surface area contributed by atoms with E-state index in [9.17, 15) is 0 Å². The van der Waals surface area contributed by atoms with Gasteiger partial charge in [0.2, 0.25) is 0 Å². The van der Waals surface area contributed by atoms with Crippen LogP contribution < -0.4 is 10.2 Å². The molecule has 2 fully saturated rings. The van der Waals surface area contributed by atoms with Crippen LogP contribution in [-0.4, -0.2) is 35.9 Å². The van der Waals surface area contributed by atoms with E-state index in [1.165, 1.54) is 56.4 Å². The highest BCUT2D eigenvalue weighted by molar-refractivity contribution is 5.91. The molecular weight excluding hydrogens is 260 g/mol. The Labute approximate surface area is 125 Å². The maximum atomic E-state index is 4.26. The molecule has 1 aromatic carbocycles. The Morgan fingerprint density at radius 1 is 1.10 bits per heavy atom. The topological polar surface area (TPSA) is 41.0 Å². The van der Waals surface area contributed by atoms with Crippen molar-refractivity contribution >= 4 is 16.6 Å². The molecule has 1 N–H and O–H groups in total. The van der Waals surface area contributed by atoms with Crippen molar-refractivity contribution in [3.63, 3.8) is 0 Å². The monoisotopic (exact) mass is 282 g/mol. The first-order valence-corrected chi connectivity index (χ1v) is 8.09. The molecule has 1 aromatic heterocycles. The van der Waals surface area contributed by atoms with Gasteiger partial charge >= 0.3 is 0 Å². The van der Waals surface area contributed by atoms with Crippen LogP contribution in [0, 0.1) is 5.92 Å². The molecule has 110 valence electrons. The zero-order valence-corrected chi connectivity index (χ0v) is 12.3. The molecule has 2 heterocycles. The summed E-state index contributed by atoms with van der Waals surface area (Å²) in [5, 5.41) is 13.2. The number of rotatable bonds is 4. The standard InChI is InChI=1S/C17H22N4/c1-2-4-16-15(3-1)17(11-19-20-16)21(14-5-6-14)12-13-7-9-18-10-8-13/h1-4,11,13-14,18H,5-10,12H2. The lowest BCUT2D eigenvalue weighted by molar-refractivity contribution is 0.373. The van der Waals surface area contributed by atoms with Crippen LogP contribution in [0.2, 0.25) is 0 Å². The van der Waals surface area contributed by atoms with E-state index in [1.54, 1.807) is 0 Å². The lowest BCUT2D eigenvalue weighted by atomic mass is 9.97. The zero-order chi connectivity index (χ0) is 14.1. The minimum absolute atomic E-state index is 0.715. The molecule has 0 radical (unpaired) electrons. The summed E-state index contributed by atoms with van der Waals surface area (Å²) in [4.78, 5) is 2.60. The maximum Gasteiger partial charge on any atom is 0.0950 e. The zero-order valence-electron chi connectivity index (χ0n) is 12.3. The van der Waals surface area contributed by atoms with Crippen molar-refractivity contribution in [2.24, 2.45) is 5.92 Å². The van der Waals surface area contributed by atoms with Gasteiger partial charge in [0.05, 0.1) is 17.4 Å². The highest BCUT2D eigenvalue weighted by Crippen LogP contribution is 2.36. The van der Waals surface area contributed by atoms with Crippen molar-refractivity contribution in [3.8, 4) is 0 Å². The van der Waals surface area contributed by atoms with Gasteiger partial charge in [-0.3, -0.25) is 0 Å². The number of hydrogen-bond donors (Lipinski definition) is 1. The lowest BCUT2D eigenvalue weighted by Crippen LogP contribution is -2.37. The Kier molecular flexibility index (Phi) is 3.47. The molecule has 1 aliphatic carbocycles. The van der Waals surface area contributed by atoms with Gasteiger partial charge in [0.25, 0.3) is 0 Å². The van der Waals surface area contributed by atoms with Gasteiger partial charge in [-0.1, -0.05) is 18.2 Å². The molecule has 2 aliphatic rings. The van der Waals surface area contributed by atoms with Crippen LogP contribution in [-0.2, 0) is 0 Å². The Balaban J connectivity index is 1.65. The second-order valence-electron chi connectivity index (χ2n) is 6.32. The van der Waals surface area contributed by atoms with Crippen molar-refractivity contribution in [3.05, 3.63) is 30.5 Å². The second-order valence-corrected chi connectivity index (χ2v) is 6.32. The number of anilines is 1. The van der Waals surface area contributed by atoms with Crippen molar-refractivity contribution in [1.82, 2.24) is 15.5 Å². The number of aromatic nitrogens is 2.